The summed E-state index contributed by atoms with van der Waals surface area (Å²) in [5, 5.41) is 16.0. The second-order valence-corrected chi connectivity index (χ2v) is 7.44. The molecule has 0 aliphatic heterocycles. The van der Waals surface area contributed by atoms with Crippen molar-refractivity contribution in [2.75, 3.05) is 24.3 Å². The van der Waals surface area contributed by atoms with Gasteiger partial charge in [0.25, 0.3) is 0 Å². The van der Waals surface area contributed by atoms with Gasteiger partial charge in [-0.05, 0) is 18.4 Å². The summed E-state index contributed by atoms with van der Waals surface area (Å²) in [6.45, 7) is -0.556. The third kappa shape index (κ3) is 9.19. The number of carbonyl (C=O) groups excluding carboxylic acids is 3. The fourth-order valence-electron chi connectivity index (χ4n) is 2.26. The number of nitrogens with zero attached hydrogens (tertiary/aromatic N) is 1. The Morgan fingerprint density at radius 1 is 1.24 bits per heavy atom. The molecule has 0 radical (unpaired) electrons. The van der Waals surface area contributed by atoms with E-state index in [2.05, 4.69) is 38.5 Å². The van der Waals surface area contributed by atoms with E-state index in [1.165, 1.54) is 18.1 Å². The predicted molar refractivity (Wildman–Crippen MR) is 112 cm³/mol. The highest BCUT2D eigenvalue weighted by Crippen LogP contribution is 2.03. The first kappa shape index (κ1) is 24.8. The summed E-state index contributed by atoms with van der Waals surface area (Å²) in [6.07, 6.45) is 5.35. The fraction of sp³-hybridized carbons (Fsp3) is 0.562. The molecule has 162 valence electrons. The maximum atomic E-state index is 12.5. The van der Waals surface area contributed by atoms with Crippen LogP contribution in [0.2, 0.25) is 0 Å². The molecule has 11 nitrogen and oxygen atoms in total. The topological polar surface area (TPSA) is 179 Å². The number of aromatic amines is 1. The second kappa shape index (κ2) is 13.1. The lowest BCUT2D eigenvalue weighted by molar-refractivity contribution is -0.138. The summed E-state index contributed by atoms with van der Waals surface area (Å²) in [5.41, 5.74) is 6.53. The molecule has 0 aliphatic carbocycles. The van der Waals surface area contributed by atoms with Gasteiger partial charge in [-0.25, -0.2) is 4.98 Å². The first-order valence-electron chi connectivity index (χ1n) is 8.71. The molecule has 7 N–H and O–H groups in total. The molecule has 0 aromatic carbocycles. The number of nitrogens with two attached hydrogens (primary N) is 1. The van der Waals surface area contributed by atoms with Gasteiger partial charge in [0.05, 0.1) is 12.4 Å². The first-order chi connectivity index (χ1) is 13.8. The van der Waals surface area contributed by atoms with Gasteiger partial charge in [-0.1, -0.05) is 0 Å². The van der Waals surface area contributed by atoms with Gasteiger partial charge in [0.1, 0.15) is 18.6 Å². The van der Waals surface area contributed by atoms with Gasteiger partial charge >= 0.3 is 5.97 Å². The zero-order valence-electron chi connectivity index (χ0n) is 15.9. The number of amides is 3. The molecule has 0 saturated carbocycles. The Hall–Kier alpha value is -2.25. The second-order valence-electron chi connectivity index (χ2n) is 6.09. The van der Waals surface area contributed by atoms with Crippen LogP contribution in [0.1, 0.15) is 12.1 Å². The molecule has 1 aromatic rings. The Bertz CT molecular complexity index is 687. The van der Waals surface area contributed by atoms with E-state index < -0.39 is 48.4 Å². The smallest absolute Gasteiger partial charge is 0.322 e. The third-order valence-corrected chi connectivity index (χ3v) is 4.81. The van der Waals surface area contributed by atoms with Gasteiger partial charge in [0.2, 0.25) is 17.7 Å². The Kier molecular flexibility index (Phi) is 11.2. The third-order valence-electron chi connectivity index (χ3n) is 3.80. The number of rotatable bonds is 13. The van der Waals surface area contributed by atoms with E-state index in [1.807, 2.05) is 6.26 Å². The molecular formula is C16H26N6O5S2. The number of hydrogen-bond acceptors (Lipinski definition) is 8. The standard InChI is InChI=1S/C16H26N6O5S2/c1-29-3-2-11(15(26)19-6-13(23)24)21-16(27)12(7-28)22-14(25)10(17)4-9-5-18-8-20-9/h5,8,10-12,28H,2-4,6-7,17H2,1H3,(H,18,20)(H,19,26)(H,21,27)(H,22,25)(H,23,24). The number of carboxylic acid groups (broad SMARTS) is 1. The molecule has 0 saturated heterocycles. The monoisotopic (exact) mass is 446 g/mol. The van der Waals surface area contributed by atoms with Crippen molar-refractivity contribution in [2.45, 2.75) is 31.0 Å². The molecule has 1 aromatic heterocycles. The quantitative estimate of drug-likeness (QED) is 0.172. The van der Waals surface area contributed by atoms with Crippen LogP contribution < -0.4 is 21.7 Å². The first-order valence-corrected chi connectivity index (χ1v) is 10.7. The molecular weight excluding hydrogens is 420 g/mol. The summed E-state index contributed by atoms with van der Waals surface area (Å²) < 4.78 is 0. The largest absolute Gasteiger partial charge is 0.480 e. The molecule has 13 heteroatoms. The Balaban J connectivity index is 2.67. The summed E-state index contributed by atoms with van der Waals surface area (Å²) in [7, 11) is 0. The van der Waals surface area contributed by atoms with Gasteiger partial charge in [-0.15, -0.1) is 0 Å². The van der Waals surface area contributed by atoms with Gasteiger partial charge < -0.3 is 31.8 Å². The Morgan fingerprint density at radius 3 is 2.48 bits per heavy atom. The fourth-order valence-corrected chi connectivity index (χ4v) is 2.99. The van der Waals surface area contributed by atoms with Crippen molar-refractivity contribution in [3.63, 3.8) is 0 Å². The van der Waals surface area contributed by atoms with Gasteiger partial charge in [0, 0.05) is 24.1 Å². The van der Waals surface area contributed by atoms with Crippen molar-refractivity contribution in [2.24, 2.45) is 5.73 Å². The van der Waals surface area contributed by atoms with Crippen molar-refractivity contribution in [3.8, 4) is 0 Å². The molecule has 3 amide bonds. The molecule has 0 bridgehead atoms. The van der Waals surface area contributed by atoms with E-state index in [0.29, 0.717) is 17.9 Å². The van der Waals surface area contributed by atoms with Crippen LogP contribution in [0.5, 0.6) is 0 Å². The average Bonchev–Trinajstić information content (AvgIpc) is 3.19. The number of imidazole rings is 1. The number of aliphatic carboxylic acids is 1. The van der Waals surface area contributed by atoms with Crippen molar-refractivity contribution in [1.82, 2.24) is 25.9 Å². The van der Waals surface area contributed by atoms with Gasteiger partial charge in [-0.3, -0.25) is 19.2 Å². The van der Waals surface area contributed by atoms with Crippen LogP contribution in [0.25, 0.3) is 0 Å². The molecule has 3 unspecified atom stereocenters. The zero-order chi connectivity index (χ0) is 21.8. The van der Waals surface area contributed by atoms with E-state index >= 15 is 0 Å². The summed E-state index contributed by atoms with van der Waals surface area (Å²) in [5.74, 6) is -2.42. The van der Waals surface area contributed by atoms with E-state index in [1.54, 1.807) is 6.20 Å². The van der Waals surface area contributed by atoms with Crippen LogP contribution in [0.3, 0.4) is 0 Å². The number of aromatic nitrogens is 2. The van der Waals surface area contributed by atoms with Crippen molar-refractivity contribution in [1.29, 1.82) is 0 Å². The van der Waals surface area contributed by atoms with E-state index in [0.717, 1.165) is 0 Å². The van der Waals surface area contributed by atoms with E-state index in [4.69, 9.17) is 10.8 Å². The Morgan fingerprint density at radius 2 is 1.93 bits per heavy atom. The minimum atomic E-state index is -1.19. The van der Waals surface area contributed by atoms with Gasteiger partial charge in [-0.2, -0.15) is 24.4 Å². The number of thioether (sulfide) groups is 1. The van der Waals surface area contributed by atoms with Crippen molar-refractivity contribution >= 4 is 48.1 Å². The average molecular weight is 447 g/mol. The summed E-state index contributed by atoms with van der Waals surface area (Å²) in [4.78, 5) is 54.3. The molecule has 3 atom stereocenters. The van der Waals surface area contributed by atoms with Crippen LogP contribution in [0.4, 0.5) is 0 Å². The number of carboxylic acids is 1. The van der Waals surface area contributed by atoms with E-state index in [-0.39, 0.29) is 12.2 Å². The number of nitrogens with one attached hydrogen (secondary N) is 4. The number of thiol groups is 1. The molecule has 0 aliphatic rings. The Labute approximate surface area is 177 Å². The van der Waals surface area contributed by atoms with Crippen LogP contribution in [-0.4, -0.2) is 81.2 Å². The highest BCUT2D eigenvalue weighted by atomic mass is 32.2. The maximum Gasteiger partial charge on any atom is 0.322 e. The predicted octanol–water partition coefficient (Wildman–Crippen LogP) is -1.87. The van der Waals surface area contributed by atoms with Gasteiger partial charge in [0.15, 0.2) is 0 Å². The molecule has 1 rings (SSSR count). The van der Waals surface area contributed by atoms with Crippen LogP contribution in [-0.2, 0) is 25.6 Å². The SMILES string of the molecule is CSCCC(NC(=O)C(CS)NC(=O)C(N)Cc1cnc[nH]1)C(=O)NCC(=O)O. The minimum absolute atomic E-state index is 0.0135. The number of hydrogen-bond donors (Lipinski definition) is 7. The highest BCUT2D eigenvalue weighted by molar-refractivity contribution is 7.98. The minimum Gasteiger partial charge on any atom is -0.480 e. The van der Waals surface area contributed by atoms with Crippen LogP contribution in [0.15, 0.2) is 12.5 Å². The van der Waals surface area contributed by atoms with Crippen LogP contribution in [0, 0.1) is 0 Å². The lowest BCUT2D eigenvalue weighted by atomic mass is 10.1. The molecule has 1 heterocycles. The zero-order valence-corrected chi connectivity index (χ0v) is 17.6. The van der Waals surface area contributed by atoms with E-state index in [9.17, 15) is 19.2 Å². The van der Waals surface area contributed by atoms with Crippen LogP contribution >= 0.6 is 24.4 Å². The van der Waals surface area contributed by atoms with Crippen molar-refractivity contribution < 1.29 is 24.3 Å². The summed E-state index contributed by atoms with van der Waals surface area (Å²) >= 11 is 5.56. The lowest BCUT2D eigenvalue weighted by Gasteiger charge is -2.23. The highest BCUT2D eigenvalue weighted by Gasteiger charge is 2.27. The normalized spacial score (nSPS) is 13.8. The molecule has 0 fully saturated rings. The van der Waals surface area contributed by atoms with Crippen molar-refractivity contribution in [3.05, 3.63) is 18.2 Å². The maximum absolute atomic E-state index is 12.5. The molecule has 0 spiro atoms. The summed E-state index contributed by atoms with van der Waals surface area (Å²) in [6, 6.07) is -2.85. The lowest BCUT2D eigenvalue weighted by Crippen LogP contribution is -2.57. The number of H-pyrrole nitrogens is 1. The molecule has 29 heavy (non-hydrogen) atoms. The number of carbonyl (C=O) groups is 4.